The lowest BCUT2D eigenvalue weighted by Gasteiger charge is -2.38. The van der Waals surface area contributed by atoms with Crippen molar-refractivity contribution in [3.05, 3.63) is 33.8 Å². The lowest BCUT2D eigenvalue weighted by molar-refractivity contribution is -0.134. The minimum absolute atomic E-state index is 0.128. The summed E-state index contributed by atoms with van der Waals surface area (Å²) < 4.78 is 0. The van der Waals surface area contributed by atoms with Crippen LogP contribution in [-0.4, -0.2) is 53.7 Å². The van der Waals surface area contributed by atoms with Crippen LogP contribution in [-0.2, 0) is 16.0 Å². The molecule has 1 atom stereocenters. The molecular formula is C18H22Cl2N2O2. The zero-order chi connectivity index (χ0) is 17.1. The van der Waals surface area contributed by atoms with Crippen molar-refractivity contribution < 1.29 is 9.59 Å². The third-order valence-electron chi connectivity index (χ3n) is 4.86. The highest BCUT2D eigenvalue weighted by Crippen LogP contribution is 2.24. The maximum Gasteiger partial charge on any atom is 0.227 e. The molecule has 1 aromatic carbocycles. The van der Waals surface area contributed by atoms with Crippen LogP contribution >= 0.6 is 23.2 Å². The van der Waals surface area contributed by atoms with Crippen LogP contribution in [0.1, 0.15) is 31.2 Å². The Morgan fingerprint density at radius 2 is 2.00 bits per heavy atom. The number of halogens is 2. The molecule has 2 aliphatic rings. The fourth-order valence-electron chi connectivity index (χ4n) is 3.59. The van der Waals surface area contributed by atoms with Gasteiger partial charge in [0.1, 0.15) is 5.78 Å². The van der Waals surface area contributed by atoms with Crippen molar-refractivity contribution in [3.63, 3.8) is 0 Å². The number of benzene rings is 1. The van der Waals surface area contributed by atoms with E-state index in [0.717, 1.165) is 44.5 Å². The van der Waals surface area contributed by atoms with Crippen LogP contribution < -0.4 is 0 Å². The summed E-state index contributed by atoms with van der Waals surface area (Å²) in [6.45, 7) is 2.96. The topological polar surface area (TPSA) is 40.6 Å². The molecule has 1 unspecified atom stereocenters. The van der Waals surface area contributed by atoms with Gasteiger partial charge in [0.25, 0.3) is 0 Å². The van der Waals surface area contributed by atoms with E-state index >= 15 is 0 Å². The summed E-state index contributed by atoms with van der Waals surface area (Å²) in [5.74, 6) is 0.433. The molecule has 2 aliphatic heterocycles. The van der Waals surface area contributed by atoms with Crippen LogP contribution in [0.5, 0.6) is 0 Å². The van der Waals surface area contributed by atoms with E-state index in [-0.39, 0.29) is 11.9 Å². The van der Waals surface area contributed by atoms with Crippen molar-refractivity contribution in [1.29, 1.82) is 0 Å². The molecule has 0 saturated carbocycles. The van der Waals surface area contributed by atoms with Gasteiger partial charge in [0.15, 0.2) is 0 Å². The molecule has 3 rings (SSSR count). The van der Waals surface area contributed by atoms with E-state index in [9.17, 15) is 9.59 Å². The second-order valence-electron chi connectivity index (χ2n) is 6.69. The fraction of sp³-hybridized carbons (Fsp3) is 0.556. The van der Waals surface area contributed by atoms with Gasteiger partial charge in [0, 0.05) is 32.1 Å². The molecule has 1 aromatic rings. The van der Waals surface area contributed by atoms with Gasteiger partial charge in [-0.3, -0.25) is 14.5 Å². The first-order chi connectivity index (χ1) is 11.5. The first-order valence-electron chi connectivity index (χ1n) is 8.50. The highest BCUT2D eigenvalue weighted by molar-refractivity contribution is 6.42. The molecule has 0 radical (unpaired) electrons. The molecule has 0 aromatic heterocycles. The number of hydrogen-bond donors (Lipinski definition) is 0. The van der Waals surface area contributed by atoms with Gasteiger partial charge in [-0.15, -0.1) is 0 Å². The Morgan fingerprint density at radius 3 is 2.71 bits per heavy atom. The molecule has 0 aliphatic carbocycles. The Morgan fingerprint density at radius 1 is 1.17 bits per heavy atom. The van der Waals surface area contributed by atoms with Crippen molar-refractivity contribution in [1.82, 2.24) is 9.80 Å². The predicted octanol–water partition coefficient (Wildman–Crippen LogP) is 3.19. The lowest BCUT2D eigenvalue weighted by atomic mass is 10.00. The van der Waals surface area contributed by atoms with Gasteiger partial charge in [0.05, 0.1) is 23.0 Å². The Hall–Kier alpha value is -1.10. The summed E-state index contributed by atoms with van der Waals surface area (Å²) in [6.07, 6.45) is 4.18. The molecule has 24 heavy (non-hydrogen) atoms. The summed E-state index contributed by atoms with van der Waals surface area (Å²) >= 11 is 12.0. The van der Waals surface area contributed by atoms with Gasteiger partial charge in [-0.05, 0) is 37.0 Å². The number of piperidine rings is 1. The van der Waals surface area contributed by atoms with Crippen LogP contribution in [0.15, 0.2) is 18.2 Å². The number of carbonyl (C=O) groups excluding carboxylic acids is 2. The van der Waals surface area contributed by atoms with Crippen molar-refractivity contribution in [3.8, 4) is 0 Å². The summed E-state index contributed by atoms with van der Waals surface area (Å²) in [6, 6.07) is 5.56. The second-order valence-corrected chi connectivity index (χ2v) is 7.50. The predicted molar refractivity (Wildman–Crippen MR) is 95.6 cm³/mol. The van der Waals surface area contributed by atoms with E-state index in [1.165, 1.54) is 0 Å². The third-order valence-corrected chi connectivity index (χ3v) is 5.60. The van der Waals surface area contributed by atoms with Gasteiger partial charge in [-0.2, -0.15) is 0 Å². The number of nitrogens with zero attached hydrogens (tertiary/aromatic N) is 2. The minimum Gasteiger partial charge on any atom is -0.338 e. The largest absolute Gasteiger partial charge is 0.338 e. The van der Waals surface area contributed by atoms with E-state index in [1.54, 1.807) is 12.1 Å². The third kappa shape index (κ3) is 4.29. The van der Waals surface area contributed by atoms with E-state index < -0.39 is 0 Å². The first-order valence-corrected chi connectivity index (χ1v) is 9.26. The number of rotatable bonds is 4. The minimum atomic E-state index is 0.128. The van der Waals surface area contributed by atoms with E-state index in [1.807, 2.05) is 11.0 Å². The van der Waals surface area contributed by atoms with E-state index in [2.05, 4.69) is 4.90 Å². The van der Waals surface area contributed by atoms with Crippen LogP contribution in [0.2, 0.25) is 10.0 Å². The Balaban J connectivity index is 1.64. The zero-order valence-corrected chi connectivity index (χ0v) is 15.2. The maximum absolute atomic E-state index is 12.8. The Kier molecular flexibility index (Phi) is 5.80. The average molecular weight is 369 g/mol. The molecule has 1 amide bonds. The Bertz CT molecular complexity index is 635. The molecule has 4 nitrogen and oxygen atoms in total. The van der Waals surface area contributed by atoms with Crippen molar-refractivity contribution in [2.45, 2.75) is 38.1 Å². The fourth-order valence-corrected chi connectivity index (χ4v) is 3.91. The maximum atomic E-state index is 12.8. The van der Waals surface area contributed by atoms with Gasteiger partial charge in [-0.1, -0.05) is 29.3 Å². The molecule has 2 saturated heterocycles. The SMILES string of the molecule is O=C1CCN(CC2CCCCN2C(=O)Cc2ccc(Cl)c(Cl)c2)C1. The smallest absolute Gasteiger partial charge is 0.227 e. The molecule has 2 fully saturated rings. The summed E-state index contributed by atoms with van der Waals surface area (Å²) in [7, 11) is 0. The summed E-state index contributed by atoms with van der Waals surface area (Å²) in [4.78, 5) is 28.4. The molecule has 130 valence electrons. The first kappa shape index (κ1) is 17.7. The molecule has 0 spiro atoms. The van der Waals surface area contributed by atoms with E-state index in [4.69, 9.17) is 23.2 Å². The number of ketones is 1. The highest BCUT2D eigenvalue weighted by Gasteiger charge is 2.30. The molecule has 0 N–H and O–H groups in total. The van der Waals surface area contributed by atoms with E-state index in [0.29, 0.717) is 35.2 Å². The normalized spacial score (nSPS) is 22.2. The van der Waals surface area contributed by atoms with Gasteiger partial charge in [0.2, 0.25) is 5.91 Å². The van der Waals surface area contributed by atoms with Crippen LogP contribution in [0.25, 0.3) is 0 Å². The molecule has 6 heteroatoms. The number of amides is 1. The monoisotopic (exact) mass is 368 g/mol. The van der Waals surface area contributed by atoms with Crippen LogP contribution in [0.3, 0.4) is 0 Å². The molecular weight excluding hydrogens is 347 g/mol. The number of hydrogen-bond acceptors (Lipinski definition) is 3. The summed E-state index contributed by atoms with van der Waals surface area (Å²) in [5, 5.41) is 0.982. The van der Waals surface area contributed by atoms with Crippen molar-refractivity contribution in [2.75, 3.05) is 26.2 Å². The number of Topliss-reactive ketones (excluding diaryl/α,β-unsaturated/α-hetero) is 1. The zero-order valence-electron chi connectivity index (χ0n) is 13.6. The van der Waals surface area contributed by atoms with Gasteiger partial charge >= 0.3 is 0 Å². The number of likely N-dealkylation sites (tertiary alicyclic amines) is 2. The van der Waals surface area contributed by atoms with Crippen LogP contribution in [0.4, 0.5) is 0 Å². The van der Waals surface area contributed by atoms with Gasteiger partial charge in [-0.25, -0.2) is 0 Å². The standard InChI is InChI=1S/C18H22Cl2N2O2/c19-16-5-4-13(9-17(16)20)10-18(24)22-7-2-1-3-14(22)11-21-8-6-15(23)12-21/h4-5,9,14H,1-3,6-8,10-12H2. The molecule has 0 bridgehead atoms. The molecule has 2 heterocycles. The average Bonchev–Trinajstić information content (AvgIpc) is 2.96. The lowest BCUT2D eigenvalue weighted by Crippen LogP contribution is -2.49. The Labute approximate surface area is 152 Å². The van der Waals surface area contributed by atoms with Gasteiger partial charge < -0.3 is 4.90 Å². The number of carbonyl (C=O) groups is 2. The summed E-state index contributed by atoms with van der Waals surface area (Å²) in [5.41, 5.74) is 0.884. The van der Waals surface area contributed by atoms with Crippen LogP contribution in [0, 0.1) is 0 Å². The van der Waals surface area contributed by atoms with Crippen molar-refractivity contribution in [2.24, 2.45) is 0 Å². The quantitative estimate of drug-likeness (QED) is 0.819. The van der Waals surface area contributed by atoms with Crippen molar-refractivity contribution >= 4 is 34.9 Å². The second kappa shape index (κ2) is 7.85. The highest BCUT2D eigenvalue weighted by atomic mass is 35.5.